The molecular formula is C74H83N8O16S. The first kappa shape index (κ1) is 69.9. The van der Waals surface area contributed by atoms with Crippen molar-refractivity contribution in [2.24, 2.45) is 16.2 Å². The van der Waals surface area contributed by atoms with E-state index in [-0.39, 0.29) is 77.6 Å². The quantitative estimate of drug-likeness (QED) is 0.0169. The van der Waals surface area contributed by atoms with Crippen molar-refractivity contribution in [1.82, 2.24) is 34.9 Å². The number of amides is 5. The summed E-state index contributed by atoms with van der Waals surface area (Å²) in [5.74, 6) is -3.80. The Hall–Kier alpha value is -8.98. The molecule has 1 saturated heterocycles. The molecule has 1 radical (unpaired) electrons. The van der Waals surface area contributed by atoms with Crippen molar-refractivity contribution in [2.45, 2.75) is 160 Å². The number of rotatable bonds is 29. The summed E-state index contributed by atoms with van der Waals surface area (Å²) >= 11 is 1.39. The van der Waals surface area contributed by atoms with E-state index >= 15 is 0 Å². The van der Waals surface area contributed by atoms with Crippen LogP contribution in [0, 0.1) is 30.1 Å². The number of aliphatic hydroxyl groups excluding tert-OH is 3. The minimum Gasteiger partial charge on any atom is -0.479 e. The maximum Gasteiger partial charge on any atom is 0.410 e. The monoisotopic (exact) mass is 1370 g/mol. The molecule has 6 aliphatic rings. The zero-order chi connectivity index (χ0) is 70.0. The molecule has 521 valence electrons. The number of benzene rings is 4. The summed E-state index contributed by atoms with van der Waals surface area (Å²) in [6, 6.07) is 27.5. The van der Waals surface area contributed by atoms with E-state index in [0.717, 1.165) is 65.4 Å². The first-order valence-electron chi connectivity index (χ1n) is 33.8. The molecule has 7 atom stereocenters. The lowest BCUT2D eigenvalue weighted by Gasteiger charge is -2.69. The normalized spacial score (nSPS) is 24.6. The molecule has 24 nitrogen and oxygen atoms in total. The number of hydrogen-bond acceptors (Lipinski definition) is 18. The summed E-state index contributed by atoms with van der Waals surface area (Å²) in [6.45, 7) is 12.3. The average molecular weight is 1370 g/mol. The Balaban J connectivity index is 0.682. The molecule has 5 heterocycles. The number of ether oxygens (including phenoxy) is 4. The number of aliphatic hydroxyl groups is 3. The Morgan fingerprint density at radius 2 is 1.58 bits per heavy atom. The van der Waals surface area contributed by atoms with Crippen LogP contribution in [0.15, 0.2) is 109 Å². The molecule has 99 heavy (non-hydrogen) atoms. The maximum absolute atomic E-state index is 14.1. The highest BCUT2D eigenvalue weighted by atomic mass is 32.1. The zero-order valence-electron chi connectivity index (χ0n) is 55.7. The number of nitrogens with one attached hydrogen (secondary N) is 2. The van der Waals surface area contributed by atoms with E-state index in [1.165, 1.54) is 33.3 Å². The van der Waals surface area contributed by atoms with Crippen LogP contribution < -0.4 is 15.4 Å². The van der Waals surface area contributed by atoms with Gasteiger partial charge in [-0.3, -0.25) is 34.1 Å². The van der Waals surface area contributed by atoms with Crippen molar-refractivity contribution < 1.29 is 78.0 Å². The summed E-state index contributed by atoms with van der Waals surface area (Å²) < 4.78 is 27.6. The minimum atomic E-state index is -1.95. The SMILES string of the molecule is [CH2]CCN(CCOC12CC3(C)CC(C)(CC(Cn4ncc(-c5ccc(-c6ccc7cccc(C(=O)Nc8nc9ccccc9s8)c7c6)nc5C(=O)O)c4C)(C3)C1)C2)C(=O)OCc1ccc(CCCCNC(=O)CCCCCN2C(=O)C=CC2=O)cc1O[C@@H]1O[C@H](C(=O)O)[C@@H](O)[C@H](O)[C@H]1O. The molecule has 7 N–H and O–H groups in total. The first-order chi connectivity index (χ1) is 47.4. The van der Waals surface area contributed by atoms with Crippen molar-refractivity contribution in [3.05, 3.63) is 144 Å². The van der Waals surface area contributed by atoms with Crippen LogP contribution in [0.3, 0.4) is 0 Å². The molecule has 5 amide bonds. The van der Waals surface area contributed by atoms with E-state index in [9.17, 15) is 59.1 Å². The number of carboxylic acids is 2. The van der Waals surface area contributed by atoms with Crippen LogP contribution >= 0.6 is 11.3 Å². The summed E-state index contributed by atoms with van der Waals surface area (Å²) in [4.78, 5) is 101. The van der Waals surface area contributed by atoms with E-state index in [0.29, 0.717) is 115 Å². The first-order valence-corrected chi connectivity index (χ1v) is 34.6. The average Bonchev–Trinajstić information content (AvgIpc) is 0.930. The van der Waals surface area contributed by atoms with Crippen molar-refractivity contribution in [3.63, 3.8) is 0 Å². The van der Waals surface area contributed by atoms with Crippen LogP contribution in [0.1, 0.15) is 135 Å². The number of aromatic nitrogens is 4. The Kier molecular flexibility index (Phi) is 20.5. The minimum absolute atomic E-state index is 0.0548. The summed E-state index contributed by atoms with van der Waals surface area (Å²) in [6.07, 6.45) is 3.79. The Labute approximate surface area is 576 Å². The Morgan fingerprint density at radius 3 is 2.32 bits per heavy atom. The Morgan fingerprint density at radius 1 is 0.798 bits per heavy atom. The fourth-order valence-corrected chi connectivity index (χ4v) is 17.4. The van der Waals surface area contributed by atoms with Gasteiger partial charge in [-0.2, -0.15) is 5.10 Å². The molecule has 4 bridgehead atoms. The summed E-state index contributed by atoms with van der Waals surface area (Å²) in [7, 11) is 0. The second kappa shape index (κ2) is 29.1. The number of thiazole rings is 1. The number of aromatic carboxylic acids is 1. The van der Waals surface area contributed by atoms with Gasteiger partial charge in [0.2, 0.25) is 12.2 Å². The molecule has 2 unspecified atom stereocenters. The van der Waals surface area contributed by atoms with Crippen LogP contribution in [0.2, 0.25) is 0 Å². The molecule has 3 aromatic heterocycles. The fourth-order valence-electron chi connectivity index (χ4n) is 16.6. The highest BCUT2D eigenvalue weighted by Gasteiger charge is 2.66. The van der Waals surface area contributed by atoms with Gasteiger partial charge in [0, 0.05) is 84.8 Å². The Bertz CT molecular complexity index is 4210. The molecular weight excluding hydrogens is 1290 g/mol. The number of imide groups is 1. The number of carboxylic acid groups (broad SMARTS) is 2. The van der Waals surface area contributed by atoms with Gasteiger partial charge in [0.1, 0.15) is 30.7 Å². The number of anilines is 1. The van der Waals surface area contributed by atoms with Gasteiger partial charge in [-0.1, -0.05) is 87.1 Å². The summed E-state index contributed by atoms with van der Waals surface area (Å²) in [5, 5.41) is 65.3. The highest BCUT2D eigenvalue weighted by Crippen LogP contribution is 2.72. The van der Waals surface area contributed by atoms with Crippen LogP contribution in [-0.2, 0) is 53.0 Å². The molecule has 4 saturated carbocycles. The van der Waals surface area contributed by atoms with E-state index in [1.54, 1.807) is 36.5 Å². The predicted octanol–water partition coefficient (Wildman–Crippen LogP) is 9.83. The van der Waals surface area contributed by atoms with Gasteiger partial charge in [0.25, 0.3) is 17.7 Å². The molecule has 2 aliphatic heterocycles. The number of para-hydroxylation sites is 1. The topological polar surface area (TPSA) is 332 Å². The molecule has 4 aliphatic carbocycles. The number of unbranched alkanes of at least 4 members (excludes halogenated alkanes) is 3. The van der Waals surface area contributed by atoms with Gasteiger partial charge in [0.05, 0.1) is 34.3 Å². The van der Waals surface area contributed by atoms with Crippen molar-refractivity contribution in [2.75, 3.05) is 38.1 Å². The second-order valence-corrected chi connectivity index (χ2v) is 29.1. The standard InChI is InChI=1S/C74H83N8O16S/c1-5-29-80(70(94)95-36-48-21-20-45(33-55(48)97-68-63(88)61(86)62(87)64(98-68)67(92)93)14-10-11-28-75-57(83)19-7-6-12-30-81-58(84)26-27-59(81)85)31-32-96-74-40-71(3)37-72(4,41-74)39-73(38-71,42-74)43-82-44(2)52(35-76-82)49-24-25-53(77-60(49)66(90)91)47-23-22-46-15-13-16-50(51(46)34-47)65(89)79-69-78-54-17-8-9-18-56(54)99-69/h8-9,13,15-18,20-27,33-35,61-64,68,86-88H,1,5-7,10-12,14,19,28-32,36-43H2,2-4H3,(H,75,83)(H,90,91)(H,92,93)(H,78,79,89)/t61-,62-,63+,64-,68+,71?,72?,73?,74?/m0/s1. The lowest BCUT2D eigenvalue weighted by molar-refractivity contribution is -0.271. The van der Waals surface area contributed by atoms with Gasteiger partial charge in [-0.15, -0.1) is 0 Å². The van der Waals surface area contributed by atoms with E-state index in [2.05, 4.69) is 36.4 Å². The van der Waals surface area contributed by atoms with Gasteiger partial charge in [0.15, 0.2) is 16.9 Å². The van der Waals surface area contributed by atoms with Gasteiger partial charge < -0.3 is 54.7 Å². The third-order valence-electron chi connectivity index (χ3n) is 20.0. The fraction of sp³-hybridized carbons (Fsp3) is 0.446. The van der Waals surface area contributed by atoms with Gasteiger partial charge in [-0.25, -0.2) is 24.4 Å². The largest absolute Gasteiger partial charge is 0.479 e. The van der Waals surface area contributed by atoms with Crippen LogP contribution in [0.4, 0.5) is 9.93 Å². The second-order valence-electron chi connectivity index (χ2n) is 28.1. The molecule has 7 aromatic rings. The zero-order valence-corrected chi connectivity index (χ0v) is 56.5. The third-order valence-corrected chi connectivity index (χ3v) is 20.9. The number of carbonyl (C=O) groups is 7. The van der Waals surface area contributed by atoms with Crippen molar-refractivity contribution in [3.8, 4) is 28.1 Å². The number of aliphatic carboxylic acids is 1. The number of pyridine rings is 1. The molecule has 5 fully saturated rings. The van der Waals surface area contributed by atoms with Crippen LogP contribution in [-0.4, -0.2) is 166 Å². The van der Waals surface area contributed by atoms with Gasteiger partial charge >= 0.3 is 18.0 Å². The third kappa shape index (κ3) is 15.4. The molecule has 13 rings (SSSR count). The molecule has 0 spiro atoms. The lowest BCUT2D eigenvalue weighted by Crippen LogP contribution is -2.64. The highest BCUT2D eigenvalue weighted by molar-refractivity contribution is 7.22. The molecule has 25 heteroatoms. The number of aryl methyl sites for hydroxylation is 1. The van der Waals surface area contributed by atoms with Crippen molar-refractivity contribution >= 4 is 79.1 Å². The number of carbonyl (C=O) groups excluding carboxylic acids is 5. The summed E-state index contributed by atoms with van der Waals surface area (Å²) in [5.41, 5.74) is 4.28. The number of fused-ring (bicyclic) bond motifs is 2. The van der Waals surface area contributed by atoms with Gasteiger partial charge in [-0.05, 0) is 159 Å². The van der Waals surface area contributed by atoms with Crippen molar-refractivity contribution in [1.29, 1.82) is 0 Å². The number of nitrogens with zero attached hydrogens (tertiary/aromatic N) is 6. The lowest BCUT2D eigenvalue weighted by atomic mass is 9.39. The molecule has 4 aromatic carbocycles. The van der Waals surface area contributed by atoms with E-state index in [1.807, 2.05) is 72.3 Å². The smallest absolute Gasteiger partial charge is 0.410 e. The van der Waals surface area contributed by atoms with E-state index in [4.69, 9.17) is 29.0 Å². The van der Waals surface area contributed by atoms with Crippen LogP contribution in [0.25, 0.3) is 43.4 Å². The van der Waals surface area contributed by atoms with E-state index < -0.39 is 54.3 Å². The number of hydrogen-bond donors (Lipinski definition) is 7. The predicted molar refractivity (Wildman–Crippen MR) is 366 cm³/mol. The van der Waals surface area contributed by atoms with Crippen LogP contribution in [0.5, 0.6) is 5.75 Å². The maximum atomic E-state index is 14.1.